The molecule has 0 aliphatic rings. The molecule has 1 unspecified atom stereocenters. The largest absolute Gasteiger partial charge is 0.481 e. The van der Waals surface area contributed by atoms with E-state index in [9.17, 15) is 0 Å². The van der Waals surface area contributed by atoms with Crippen LogP contribution in [0, 0.1) is 0 Å². The Morgan fingerprint density at radius 3 is 2.82 bits per heavy atom. The third-order valence-electron chi connectivity index (χ3n) is 2.45. The molecule has 0 bridgehead atoms. The van der Waals surface area contributed by atoms with Crippen molar-refractivity contribution in [1.29, 1.82) is 0 Å². The summed E-state index contributed by atoms with van der Waals surface area (Å²) in [5.41, 5.74) is 9.05. The summed E-state index contributed by atoms with van der Waals surface area (Å²) in [5.74, 6) is 0.629. The SMILES string of the molecule is COc1ccc(CC(N)Cc2cncs2)cn1. The lowest BCUT2D eigenvalue weighted by Gasteiger charge is -2.10. The third-order valence-corrected chi connectivity index (χ3v) is 3.25. The fraction of sp³-hybridized carbons (Fsp3) is 0.333. The zero-order valence-corrected chi connectivity index (χ0v) is 10.5. The maximum Gasteiger partial charge on any atom is 0.212 e. The van der Waals surface area contributed by atoms with Crippen LogP contribution in [0.25, 0.3) is 0 Å². The topological polar surface area (TPSA) is 61.0 Å². The standard InChI is InChI=1S/C12H15N3OS/c1-16-12-3-2-9(6-15-12)4-10(13)5-11-7-14-8-17-11/h2-3,6-8,10H,4-5,13H2,1H3. The van der Waals surface area contributed by atoms with E-state index in [4.69, 9.17) is 10.5 Å². The Hall–Kier alpha value is -1.46. The Balaban J connectivity index is 1.91. The number of nitrogens with zero attached hydrogens (tertiary/aromatic N) is 2. The molecule has 0 fully saturated rings. The number of thiazole rings is 1. The minimum Gasteiger partial charge on any atom is -0.481 e. The smallest absolute Gasteiger partial charge is 0.212 e. The van der Waals surface area contributed by atoms with Crippen molar-refractivity contribution in [2.24, 2.45) is 5.73 Å². The molecule has 5 heteroatoms. The number of ether oxygens (including phenoxy) is 1. The summed E-state index contributed by atoms with van der Waals surface area (Å²) in [5, 5.41) is 0. The van der Waals surface area contributed by atoms with Gasteiger partial charge in [-0.3, -0.25) is 4.98 Å². The van der Waals surface area contributed by atoms with Gasteiger partial charge in [-0.25, -0.2) is 4.98 Å². The second-order valence-corrected chi connectivity index (χ2v) is 4.82. The van der Waals surface area contributed by atoms with Crippen molar-refractivity contribution in [3.8, 4) is 5.88 Å². The molecule has 2 aromatic rings. The zero-order chi connectivity index (χ0) is 12.1. The molecule has 0 radical (unpaired) electrons. The first kappa shape index (κ1) is 12.0. The fourth-order valence-corrected chi connectivity index (χ4v) is 2.32. The molecule has 0 amide bonds. The Labute approximate surface area is 104 Å². The Morgan fingerprint density at radius 1 is 1.35 bits per heavy atom. The average Bonchev–Trinajstić information content (AvgIpc) is 2.82. The molecule has 90 valence electrons. The van der Waals surface area contributed by atoms with Gasteiger partial charge in [-0.05, 0) is 18.4 Å². The van der Waals surface area contributed by atoms with Crippen LogP contribution in [-0.4, -0.2) is 23.1 Å². The monoisotopic (exact) mass is 249 g/mol. The van der Waals surface area contributed by atoms with Gasteiger partial charge in [-0.1, -0.05) is 6.07 Å². The molecule has 2 heterocycles. The molecule has 0 saturated heterocycles. The molecule has 1 atom stereocenters. The molecule has 0 aliphatic heterocycles. The summed E-state index contributed by atoms with van der Waals surface area (Å²) in [6.45, 7) is 0. The predicted molar refractivity (Wildman–Crippen MR) is 68.3 cm³/mol. The highest BCUT2D eigenvalue weighted by atomic mass is 32.1. The number of hydrogen-bond donors (Lipinski definition) is 1. The van der Waals surface area contributed by atoms with Crippen molar-refractivity contribution >= 4 is 11.3 Å². The summed E-state index contributed by atoms with van der Waals surface area (Å²) in [4.78, 5) is 9.42. The number of methoxy groups -OCH3 is 1. The average molecular weight is 249 g/mol. The molecule has 17 heavy (non-hydrogen) atoms. The quantitative estimate of drug-likeness (QED) is 0.875. The molecular formula is C12H15N3OS. The van der Waals surface area contributed by atoms with Crippen molar-refractivity contribution in [2.75, 3.05) is 7.11 Å². The first-order valence-electron chi connectivity index (χ1n) is 5.40. The minimum atomic E-state index is 0.102. The van der Waals surface area contributed by atoms with E-state index in [1.54, 1.807) is 18.4 Å². The van der Waals surface area contributed by atoms with Gasteiger partial charge in [0.15, 0.2) is 0 Å². The summed E-state index contributed by atoms with van der Waals surface area (Å²) >= 11 is 1.64. The van der Waals surface area contributed by atoms with E-state index < -0.39 is 0 Å². The van der Waals surface area contributed by atoms with Crippen molar-refractivity contribution in [2.45, 2.75) is 18.9 Å². The van der Waals surface area contributed by atoms with E-state index in [1.165, 1.54) is 4.88 Å². The van der Waals surface area contributed by atoms with Gasteiger partial charge in [0.1, 0.15) is 0 Å². The number of aromatic nitrogens is 2. The minimum absolute atomic E-state index is 0.102. The number of rotatable bonds is 5. The Bertz CT molecular complexity index is 441. The van der Waals surface area contributed by atoms with Crippen LogP contribution in [0.2, 0.25) is 0 Å². The Kier molecular flexibility index (Phi) is 4.06. The van der Waals surface area contributed by atoms with Gasteiger partial charge in [0.05, 0.1) is 12.6 Å². The van der Waals surface area contributed by atoms with E-state index in [1.807, 2.05) is 30.0 Å². The van der Waals surface area contributed by atoms with Crippen LogP contribution in [0.15, 0.2) is 30.0 Å². The Morgan fingerprint density at radius 2 is 2.24 bits per heavy atom. The fourth-order valence-electron chi connectivity index (χ4n) is 1.63. The van der Waals surface area contributed by atoms with Crippen LogP contribution in [0.1, 0.15) is 10.4 Å². The highest BCUT2D eigenvalue weighted by molar-refractivity contribution is 7.09. The van der Waals surface area contributed by atoms with Crippen molar-refractivity contribution in [1.82, 2.24) is 9.97 Å². The van der Waals surface area contributed by atoms with E-state index in [0.717, 1.165) is 18.4 Å². The lowest BCUT2D eigenvalue weighted by Crippen LogP contribution is -2.25. The highest BCUT2D eigenvalue weighted by Crippen LogP contribution is 2.12. The molecule has 0 spiro atoms. The molecule has 2 aromatic heterocycles. The zero-order valence-electron chi connectivity index (χ0n) is 9.67. The second-order valence-electron chi connectivity index (χ2n) is 3.84. The van der Waals surface area contributed by atoms with Gasteiger partial charge in [0, 0.05) is 29.4 Å². The molecule has 0 aliphatic carbocycles. The van der Waals surface area contributed by atoms with E-state index in [0.29, 0.717) is 5.88 Å². The molecule has 4 nitrogen and oxygen atoms in total. The predicted octanol–water partition coefficient (Wildman–Crippen LogP) is 1.66. The van der Waals surface area contributed by atoms with Gasteiger partial charge >= 0.3 is 0 Å². The molecule has 2 N–H and O–H groups in total. The highest BCUT2D eigenvalue weighted by Gasteiger charge is 2.07. The molecule has 0 aromatic carbocycles. The summed E-state index contributed by atoms with van der Waals surface area (Å²) in [7, 11) is 1.61. The lowest BCUT2D eigenvalue weighted by atomic mass is 10.1. The maximum atomic E-state index is 6.09. The van der Waals surface area contributed by atoms with Gasteiger partial charge < -0.3 is 10.5 Å². The van der Waals surface area contributed by atoms with Crippen molar-refractivity contribution in [3.05, 3.63) is 40.5 Å². The van der Waals surface area contributed by atoms with E-state index in [2.05, 4.69) is 9.97 Å². The molecular weight excluding hydrogens is 234 g/mol. The van der Waals surface area contributed by atoms with Gasteiger partial charge in [0.2, 0.25) is 5.88 Å². The van der Waals surface area contributed by atoms with Gasteiger partial charge in [-0.15, -0.1) is 11.3 Å². The first-order chi connectivity index (χ1) is 8.28. The number of nitrogens with two attached hydrogens (primary N) is 1. The third kappa shape index (κ3) is 3.51. The van der Waals surface area contributed by atoms with E-state index >= 15 is 0 Å². The molecule has 2 rings (SSSR count). The summed E-state index contributed by atoms with van der Waals surface area (Å²) < 4.78 is 5.01. The molecule has 0 saturated carbocycles. The normalized spacial score (nSPS) is 12.4. The van der Waals surface area contributed by atoms with Crippen LogP contribution in [-0.2, 0) is 12.8 Å². The van der Waals surface area contributed by atoms with Crippen LogP contribution in [0.5, 0.6) is 5.88 Å². The van der Waals surface area contributed by atoms with Crippen molar-refractivity contribution < 1.29 is 4.74 Å². The van der Waals surface area contributed by atoms with Crippen molar-refractivity contribution in [3.63, 3.8) is 0 Å². The van der Waals surface area contributed by atoms with Crippen LogP contribution >= 0.6 is 11.3 Å². The van der Waals surface area contributed by atoms with E-state index in [-0.39, 0.29) is 6.04 Å². The second kappa shape index (κ2) is 5.75. The lowest BCUT2D eigenvalue weighted by molar-refractivity contribution is 0.397. The summed E-state index contributed by atoms with van der Waals surface area (Å²) in [6, 6.07) is 3.96. The number of hydrogen-bond acceptors (Lipinski definition) is 5. The van der Waals surface area contributed by atoms with Crippen LogP contribution < -0.4 is 10.5 Å². The van der Waals surface area contributed by atoms with Crippen LogP contribution in [0.3, 0.4) is 0 Å². The first-order valence-corrected chi connectivity index (χ1v) is 6.28. The summed E-state index contributed by atoms with van der Waals surface area (Å²) in [6.07, 6.45) is 5.35. The number of pyridine rings is 1. The van der Waals surface area contributed by atoms with Crippen LogP contribution in [0.4, 0.5) is 0 Å². The maximum absolute atomic E-state index is 6.09. The van der Waals surface area contributed by atoms with Gasteiger partial charge in [-0.2, -0.15) is 0 Å². The van der Waals surface area contributed by atoms with Gasteiger partial charge in [0.25, 0.3) is 0 Å².